The molecule has 0 aromatic heterocycles. The summed E-state index contributed by atoms with van der Waals surface area (Å²) in [6, 6.07) is 12.3. The smallest absolute Gasteiger partial charge is 0.244 e. The van der Waals surface area contributed by atoms with E-state index in [-0.39, 0.29) is 24.8 Å². The Morgan fingerprint density at radius 1 is 1.28 bits per heavy atom. The molecule has 0 radical (unpaired) electrons. The molecular formula is C20H20ClN3O4S. The maximum absolute atomic E-state index is 12.5. The van der Waals surface area contributed by atoms with Crippen LogP contribution in [-0.4, -0.2) is 48.6 Å². The van der Waals surface area contributed by atoms with Crippen molar-refractivity contribution in [2.24, 2.45) is 0 Å². The number of hydrogen-bond donors (Lipinski definition) is 2. The van der Waals surface area contributed by atoms with Gasteiger partial charge in [-0.15, -0.1) is 11.8 Å². The molecule has 3 rings (SSSR count). The number of amides is 3. The molecule has 2 aromatic carbocycles. The Morgan fingerprint density at radius 2 is 2.03 bits per heavy atom. The van der Waals surface area contributed by atoms with Crippen molar-refractivity contribution in [3.8, 4) is 5.75 Å². The number of carbonyl (C=O) groups excluding carboxylic acids is 3. The lowest BCUT2D eigenvalue weighted by atomic mass is 10.2. The van der Waals surface area contributed by atoms with Gasteiger partial charge in [-0.2, -0.15) is 0 Å². The number of nitrogens with zero attached hydrogens (tertiary/aromatic N) is 1. The van der Waals surface area contributed by atoms with Gasteiger partial charge in [0.25, 0.3) is 0 Å². The lowest BCUT2D eigenvalue weighted by Crippen LogP contribution is -2.39. The Balaban J connectivity index is 1.57. The lowest BCUT2D eigenvalue weighted by Gasteiger charge is -2.25. The van der Waals surface area contributed by atoms with E-state index in [4.69, 9.17) is 16.3 Å². The van der Waals surface area contributed by atoms with Gasteiger partial charge in [0, 0.05) is 23.4 Å². The SMILES string of the molecule is COc1ccc(Cl)cc1NC(=O)CN(C)C(=O)C[C@@H]1Sc2ccccc2NC1=O. The molecule has 0 saturated carbocycles. The van der Waals surface area contributed by atoms with E-state index in [0.29, 0.717) is 16.5 Å². The summed E-state index contributed by atoms with van der Waals surface area (Å²) in [4.78, 5) is 39.4. The molecule has 0 fully saturated rings. The zero-order chi connectivity index (χ0) is 21.0. The highest BCUT2D eigenvalue weighted by atomic mass is 35.5. The highest BCUT2D eigenvalue weighted by Gasteiger charge is 2.30. The molecule has 1 heterocycles. The van der Waals surface area contributed by atoms with Crippen LogP contribution in [-0.2, 0) is 14.4 Å². The number of rotatable bonds is 6. The zero-order valence-electron chi connectivity index (χ0n) is 15.9. The Kier molecular flexibility index (Phi) is 6.66. The van der Waals surface area contributed by atoms with Gasteiger partial charge in [0.1, 0.15) is 5.75 Å². The van der Waals surface area contributed by atoms with Crippen molar-refractivity contribution >= 4 is 52.5 Å². The highest BCUT2D eigenvalue weighted by molar-refractivity contribution is 8.01. The molecule has 9 heteroatoms. The number of fused-ring (bicyclic) bond motifs is 1. The molecule has 7 nitrogen and oxygen atoms in total. The van der Waals surface area contributed by atoms with Crippen LogP contribution in [0.3, 0.4) is 0 Å². The number of carbonyl (C=O) groups is 3. The normalized spacial score (nSPS) is 15.1. The average molecular weight is 434 g/mol. The summed E-state index contributed by atoms with van der Waals surface area (Å²) in [6.07, 6.45) is -0.00486. The lowest BCUT2D eigenvalue weighted by molar-refractivity contribution is -0.134. The van der Waals surface area contributed by atoms with Gasteiger partial charge in [-0.3, -0.25) is 14.4 Å². The third-order valence-corrected chi connectivity index (χ3v) is 5.82. The number of benzene rings is 2. The minimum Gasteiger partial charge on any atom is -0.495 e. The maximum atomic E-state index is 12.5. The second kappa shape index (κ2) is 9.19. The van der Waals surface area contributed by atoms with Crippen LogP contribution in [0.25, 0.3) is 0 Å². The Bertz CT molecular complexity index is 953. The topological polar surface area (TPSA) is 87.7 Å². The van der Waals surface area contributed by atoms with Crippen molar-refractivity contribution in [2.45, 2.75) is 16.6 Å². The first kappa shape index (κ1) is 21.0. The third-order valence-electron chi connectivity index (χ3n) is 4.31. The van der Waals surface area contributed by atoms with Crippen molar-refractivity contribution in [2.75, 3.05) is 31.3 Å². The molecule has 0 unspecified atom stereocenters. The van der Waals surface area contributed by atoms with Crippen LogP contribution in [0.15, 0.2) is 47.4 Å². The summed E-state index contributed by atoms with van der Waals surface area (Å²) in [7, 11) is 3.01. The van der Waals surface area contributed by atoms with Gasteiger partial charge >= 0.3 is 0 Å². The van der Waals surface area contributed by atoms with Crippen LogP contribution in [0.5, 0.6) is 5.75 Å². The molecule has 152 valence electrons. The van der Waals surface area contributed by atoms with Gasteiger partial charge in [0.15, 0.2) is 0 Å². The van der Waals surface area contributed by atoms with Crippen LogP contribution in [0, 0.1) is 0 Å². The van der Waals surface area contributed by atoms with E-state index in [9.17, 15) is 14.4 Å². The molecular weight excluding hydrogens is 414 g/mol. The van der Waals surface area contributed by atoms with Gasteiger partial charge < -0.3 is 20.3 Å². The largest absolute Gasteiger partial charge is 0.495 e. The molecule has 1 atom stereocenters. The van der Waals surface area contributed by atoms with E-state index in [1.165, 1.54) is 30.8 Å². The molecule has 29 heavy (non-hydrogen) atoms. The standard InChI is InChI=1S/C20H20ClN3O4S/c1-24(11-18(25)22-14-9-12(21)7-8-15(14)28-2)19(26)10-17-20(27)23-13-5-3-4-6-16(13)29-17/h3-9,17H,10-11H2,1-2H3,(H,22,25)(H,23,27)/t17-/m0/s1. The number of anilines is 2. The highest BCUT2D eigenvalue weighted by Crippen LogP contribution is 2.36. The monoisotopic (exact) mass is 433 g/mol. The van der Waals surface area contributed by atoms with E-state index in [2.05, 4.69) is 10.6 Å². The third kappa shape index (κ3) is 5.21. The fraction of sp³-hybridized carbons (Fsp3) is 0.250. The van der Waals surface area contributed by atoms with Crippen LogP contribution < -0.4 is 15.4 Å². The van der Waals surface area contributed by atoms with Crippen molar-refractivity contribution in [3.05, 3.63) is 47.5 Å². The number of nitrogens with one attached hydrogen (secondary N) is 2. The van der Waals surface area contributed by atoms with Gasteiger partial charge in [-0.25, -0.2) is 0 Å². The number of thioether (sulfide) groups is 1. The number of hydrogen-bond acceptors (Lipinski definition) is 5. The quantitative estimate of drug-likeness (QED) is 0.730. The fourth-order valence-corrected chi connectivity index (χ4v) is 4.09. The van der Waals surface area contributed by atoms with Crippen molar-refractivity contribution < 1.29 is 19.1 Å². The zero-order valence-corrected chi connectivity index (χ0v) is 17.5. The average Bonchev–Trinajstić information content (AvgIpc) is 2.68. The molecule has 0 bridgehead atoms. The van der Waals surface area contributed by atoms with Crippen LogP contribution in [0.1, 0.15) is 6.42 Å². The summed E-state index contributed by atoms with van der Waals surface area (Å²) in [5.74, 6) is -0.452. The van der Waals surface area contributed by atoms with E-state index in [0.717, 1.165) is 10.6 Å². The van der Waals surface area contributed by atoms with Gasteiger partial charge in [-0.1, -0.05) is 23.7 Å². The molecule has 0 saturated heterocycles. The minimum absolute atomic E-state index is 0.00486. The van der Waals surface area contributed by atoms with Gasteiger partial charge in [-0.05, 0) is 30.3 Å². The predicted octanol–water partition coefficient (Wildman–Crippen LogP) is 3.25. The second-order valence-electron chi connectivity index (χ2n) is 6.44. The van der Waals surface area contributed by atoms with Crippen molar-refractivity contribution in [1.29, 1.82) is 0 Å². The van der Waals surface area contributed by atoms with E-state index in [1.54, 1.807) is 18.2 Å². The molecule has 0 spiro atoms. The molecule has 0 aliphatic carbocycles. The molecule has 2 N–H and O–H groups in total. The number of methoxy groups -OCH3 is 1. The second-order valence-corrected chi connectivity index (χ2v) is 8.12. The molecule has 1 aliphatic heterocycles. The number of halogens is 1. The van der Waals surface area contributed by atoms with Crippen LogP contribution >= 0.6 is 23.4 Å². The summed E-state index contributed by atoms with van der Waals surface area (Å²) >= 11 is 7.31. The Hall–Kier alpha value is -2.71. The first-order valence-electron chi connectivity index (χ1n) is 8.81. The predicted molar refractivity (Wildman–Crippen MR) is 114 cm³/mol. The summed E-state index contributed by atoms with van der Waals surface area (Å²) in [5, 5.41) is 5.40. The maximum Gasteiger partial charge on any atom is 0.244 e. The number of ether oxygens (including phenoxy) is 1. The first-order valence-corrected chi connectivity index (χ1v) is 10.1. The summed E-state index contributed by atoms with van der Waals surface area (Å²) in [6.45, 7) is -0.163. The van der Waals surface area contributed by atoms with Crippen molar-refractivity contribution in [3.63, 3.8) is 0 Å². The Morgan fingerprint density at radius 3 is 2.79 bits per heavy atom. The van der Waals surface area contributed by atoms with Crippen LogP contribution in [0.2, 0.25) is 5.02 Å². The number of likely N-dealkylation sites (N-methyl/N-ethyl adjacent to an activating group) is 1. The first-order chi connectivity index (χ1) is 13.9. The van der Waals surface area contributed by atoms with Gasteiger partial charge in [0.05, 0.1) is 30.3 Å². The van der Waals surface area contributed by atoms with E-state index >= 15 is 0 Å². The van der Waals surface area contributed by atoms with E-state index < -0.39 is 11.2 Å². The fourth-order valence-electron chi connectivity index (χ4n) is 2.81. The van der Waals surface area contributed by atoms with Crippen LogP contribution in [0.4, 0.5) is 11.4 Å². The summed E-state index contributed by atoms with van der Waals surface area (Å²) < 4.78 is 5.19. The molecule has 2 aromatic rings. The number of para-hydroxylation sites is 1. The molecule has 1 aliphatic rings. The molecule has 3 amide bonds. The van der Waals surface area contributed by atoms with Crippen molar-refractivity contribution in [1.82, 2.24) is 4.90 Å². The summed E-state index contributed by atoms with van der Waals surface area (Å²) in [5.41, 5.74) is 1.17. The van der Waals surface area contributed by atoms with Gasteiger partial charge in [0.2, 0.25) is 17.7 Å². The Labute approximate surface area is 177 Å². The minimum atomic E-state index is -0.545. The van der Waals surface area contributed by atoms with E-state index in [1.807, 2.05) is 24.3 Å².